The van der Waals surface area contributed by atoms with E-state index in [0.717, 1.165) is 10.0 Å². The minimum absolute atomic E-state index is 0.189. The van der Waals surface area contributed by atoms with Gasteiger partial charge in [0.15, 0.2) is 0 Å². The highest BCUT2D eigenvalue weighted by molar-refractivity contribution is 9.10. The zero-order valence-corrected chi connectivity index (χ0v) is 13.3. The third-order valence-corrected chi connectivity index (χ3v) is 3.27. The van der Waals surface area contributed by atoms with Gasteiger partial charge in [-0.05, 0) is 39.7 Å². The maximum atomic E-state index is 12.0. The van der Waals surface area contributed by atoms with E-state index in [9.17, 15) is 4.79 Å². The molecule has 1 N–H and O–H groups in total. The molecular weight excluding hydrogens is 336 g/mol. The fourth-order valence-electron chi connectivity index (χ4n) is 1.79. The number of hydrogen-bond donors (Lipinski definition) is 1. The first-order chi connectivity index (χ1) is 10.1. The van der Waals surface area contributed by atoms with Crippen molar-refractivity contribution < 1.29 is 14.3 Å². The Morgan fingerprint density at radius 3 is 2.38 bits per heavy atom. The van der Waals surface area contributed by atoms with Gasteiger partial charge in [0, 0.05) is 29.5 Å². The second kappa shape index (κ2) is 7.08. The number of benzene rings is 1. The van der Waals surface area contributed by atoms with E-state index in [1.807, 2.05) is 12.1 Å². The zero-order chi connectivity index (χ0) is 15.2. The van der Waals surface area contributed by atoms with E-state index < -0.39 is 0 Å². The summed E-state index contributed by atoms with van der Waals surface area (Å²) in [4.78, 5) is 16.0. The van der Waals surface area contributed by atoms with Crippen LogP contribution >= 0.6 is 15.9 Å². The molecule has 0 radical (unpaired) electrons. The van der Waals surface area contributed by atoms with Crippen molar-refractivity contribution in [2.75, 3.05) is 14.2 Å². The summed E-state index contributed by atoms with van der Waals surface area (Å²) in [5.41, 5.74) is 1.39. The summed E-state index contributed by atoms with van der Waals surface area (Å²) in [6.45, 7) is 0.374. The van der Waals surface area contributed by atoms with Crippen LogP contribution in [0.3, 0.4) is 0 Å². The van der Waals surface area contributed by atoms with Crippen LogP contribution in [-0.4, -0.2) is 25.1 Å². The number of carbonyl (C=O) groups excluding carboxylic acids is 1. The Morgan fingerprint density at radius 2 is 1.81 bits per heavy atom. The second-order valence-corrected chi connectivity index (χ2v) is 5.21. The van der Waals surface area contributed by atoms with E-state index in [4.69, 9.17) is 9.47 Å². The summed E-state index contributed by atoms with van der Waals surface area (Å²) in [6, 6.07) is 7.20. The molecule has 0 spiro atoms. The number of rotatable bonds is 5. The molecule has 21 heavy (non-hydrogen) atoms. The van der Waals surface area contributed by atoms with E-state index >= 15 is 0 Å². The van der Waals surface area contributed by atoms with E-state index in [1.165, 1.54) is 6.20 Å². The molecule has 6 heteroatoms. The Kier molecular flexibility index (Phi) is 5.16. The first kappa shape index (κ1) is 15.3. The molecule has 0 aliphatic rings. The molecule has 1 amide bonds. The minimum Gasteiger partial charge on any atom is -0.497 e. The lowest BCUT2D eigenvalue weighted by molar-refractivity contribution is 0.0950. The van der Waals surface area contributed by atoms with Crippen molar-refractivity contribution in [3.63, 3.8) is 0 Å². The molecule has 0 saturated carbocycles. The topological polar surface area (TPSA) is 60.5 Å². The van der Waals surface area contributed by atoms with Crippen LogP contribution in [0.4, 0.5) is 0 Å². The molecule has 0 bridgehead atoms. The van der Waals surface area contributed by atoms with Crippen molar-refractivity contribution >= 4 is 21.8 Å². The monoisotopic (exact) mass is 350 g/mol. The molecule has 0 saturated heterocycles. The molecule has 110 valence electrons. The SMILES string of the molecule is COc1cc(CNC(=O)c2cncc(Br)c2)cc(OC)c1. The summed E-state index contributed by atoms with van der Waals surface area (Å²) < 4.78 is 11.2. The Labute approximate surface area is 131 Å². The number of hydrogen-bond acceptors (Lipinski definition) is 4. The van der Waals surface area contributed by atoms with Crippen LogP contribution in [0.15, 0.2) is 41.1 Å². The van der Waals surface area contributed by atoms with Crippen LogP contribution in [0.1, 0.15) is 15.9 Å². The van der Waals surface area contributed by atoms with Gasteiger partial charge >= 0.3 is 0 Å². The summed E-state index contributed by atoms with van der Waals surface area (Å²) >= 11 is 3.29. The average Bonchev–Trinajstić information content (AvgIpc) is 2.52. The minimum atomic E-state index is -0.189. The normalized spacial score (nSPS) is 10.0. The highest BCUT2D eigenvalue weighted by Gasteiger charge is 2.07. The lowest BCUT2D eigenvalue weighted by atomic mass is 10.2. The van der Waals surface area contributed by atoms with Gasteiger partial charge in [0.25, 0.3) is 5.91 Å². The van der Waals surface area contributed by atoms with Gasteiger partial charge in [-0.3, -0.25) is 9.78 Å². The maximum absolute atomic E-state index is 12.0. The van der Waals surface area contributed by atoms with E-state index in [-0.39, 0.29) is 5.91 Å². The first-order valence-corrected chi connectivity index (χ1v) is 7.02. The van der Waals surface area contributed by atoms with Crippen molar-refractivity contribution in [3.05, 3.63) is 52.3 Å². The van der Waals surface area contributed by atoms with E-state index in [2.05, 4.69) is 26.2 Å². The Hall–Kier alpha value is -2.08. The largest absolute Gasteiger partial charge is 0.497 e. The molecular formula is C15H15BrN2O3. The first-order valence-electron chi connectivity index (χ1n) is 6.23. The maximum Gasteiger partial charge on any atom is 0.253 e. The molecule has 0 fully saturated rings. The molecule has 1 aromatic heterocycles. The predicted molar refractivity (Wildman–Crippen MR) is 82.7 cm³/mol. The molecule has 0 aliphatic carbocycles. The average molecular weight is 351 g/mol. The van der Waals surface area contributed by atoms with Gasteiger partial charge in [0.2, 0.25) is 0 Å². The number of halogens is 1. The molecule has 0 atom stereocenters. The molecule has 5 nitrogen and oxygen atoms in total. The third kappa shape index (κ3) is 4.19. The Balaban J connectivity index is 2.07. The fourth-order valence-corrected chi connectivity index (χ4v) is 2.15. The molecule has 1 aromatic carbocycles. The molecule has 1 heterocycles. The van der Waals surface area contributed by atoms with Gasteiger partial charge in [-0.15, -0.1) is 0 Å². The smallest absolute Gasteiger partial charge is 0.253 e. The predicted octanol–water partition coefficient (Wildman–Crippen LogP) is 2.79. The van der Waals surface area contributed by atoms with Crippen LogP contribution in [0.2, 0.25) is 0 Å². The highest BCUT2D eigenvalue weighted by atomic mass is 79.9. The zero-order valence-electron chi connectivity index (χ0n) is 11.7. The van der Waals surface area contributed by atoms with E-state index in [1.54, 1.807) is 32.5 Å². The highest BCUT2D eigenvalue weighted by Crippen LogP contribution is 2.22. The number of aromatic nitrogens is 1. The van der Waals surface area contributed by atoms with Crippen LogP contribution < -0.4 is 14.8 Å². The Morgan fingerprint density at radius 1 is 1.14 bits per heavy atom. The number of nitrogens with one attached hydrogen (secondary N) is 1. The second-order valence-electron chi connectivity index (χ2n) is 4.30. The van der Waals surface area contributed by atoms with Gasteiger partial charge in [-0.2, -0.15) is 0 Å². The molecule has 2 rings (SSSR count). The number of methoxy groups -OCH3 is 2. The van der Waals surface area contributed by atoms with Crippen LogP contribution in [0, 0.1) is 0 Å². The lowest BCUT2D eigenvalue weighted by Gasteiger charge is -2.09. The summed E-state index contributed by atoms with van der Waals surface area (Å²) in [5, 5.41) is 2.83. The van der Waals surface area contributed by atoms with Gasteiger partial charge in [-0.1, -0.05) is 0 Å². The summed E-state index contributed by atoms with van der Waals surface area (Å²) in [6.07, 6.45) is 3.15. The summed E-state index contributed by atoms with van der Waals surface area (Å²) in [7, 11) is 3.18. The Bertz CT molecular complexity index is 624. The van der Waals surface area contributed by atoms with Crippen LogP contribution in [0.25, 0.3) is 0 Å². The van der Waals surface area contributed by atoms with Crippen LogP contribution in [-0.2, 0) is 6.54 Å². The van der Waals surface area contributed by atoms with Gasteiger partial charge in [0.05, 0.1) is 19.8 Å². The molecule has 2 aromatic rings. The summed E-state index contributed by atoms with van der Waals surface area (Å²) in [5.74, 6) is 1.18. The van der Waals surface area contributed by atoms with Gasteiger partial charge in [0.1, 0.15) is 11.5 Å². The number of nitrogens with zero attached hydrogens (tertiary/aromatic N) is 1. The number of amides is 1. The van der Waals surface area contributed by atoms with Crippen molar-refractivity contribution in [2.24, 2.45) is 0 Å². The molecule has 0 aliphatic heterocycles. The van der Waals surface area contributed by atoms with E-state index in [0.29, 0.717) is 23.6 Å². The quantitative estimate of drug-likeness (QED) is 0.900. The van der Waals surface area contributed by atoms with Gasteiger partial charge in [-0.25, -0.2) is 0 Å². The third-order valence-electron chi connectivity index (χ3n) is 2.83. The van der Waals surface area contributed by atoms with Crippen molar-refractivity contribution in [3.8, 4) is 11.5 Å². The lowest BCUT2D eigenvalue weighted by Crippen LogP contribution is -2.22. The molecule has 0 unspecified atom stereocenters. The standard InChI is InChI=1S/C15H15BrN2O3/c1-20-13-3-10(4-14(6-13)21-2)7-18-15(19)11-5-12(16)9-17-8-11/h3-6,8-9H,7H2,1-2H3,(H,18,19). The number of ether oxygens (including phenoxy) is 2. The van der Waals surface area contributed by atoms with Crippen molar-refractivity contribution in [1.82, 2.24) is 10.3 Å². The number of carbonyl (C=O) groups is 1. The van der Waals surface area contributed by atoms with Gasteiger partial charge < -0.3 is 14.8 Å². The van der Waals surface area contributed by atoms with Crippen molar-refractivity contribution in [1.29, 1.82) is 0 Å². The fraction of sp³-hybridized carbons (Fsp3) is 0.200. The number of pyridine rings is 1. The van der Waals surface area contributed by atoms with Crippen molar-refractivity contribution in [2.45, 2.75) is 6.54 Å². The van der Waals surface area contributed by atoms with Crippen LogP contribution in [0.5, 0.6) is 11.5 Å².